The fraction of sp³-hybridized carbons (Fsp3) is 0.789. The molecule has 7 nitrogen and oxygen atoms in total. The molecule has 2 fully saturated rings. The van der Waals surface area contributed by atoms with Crippen LogP contribution in [0.25, 0.3) is 0 Å². The first-order valence-corrected chi connectivity index (χ1v) is 9.83. The van der Waals surface area contributed by atoms with Crippen molar-refractivity contribution in [3.05, 3.63) is 17.0 Å². The van der Waals surface area contributed by atoms with Gasteiger partial charge in [0, 0.05) is 50.2 Å². The van der Waals surface area contributed by atoms with Gasteiger partial charge in [-0.25, -0.2) is 4.79 Å². The topological polar surface area (TPSA) is 70.8 Å². The second kappa shape index (κ2) is 8.86. The third-order valence-corrected chi connectivity index (χ3v) is 5.60. The number of likely N-dealkylation sites (tertiary alicyclic amines) is 1. The van der Waals surface area contributed by atoms with Gasteiger partial charge in [0.05, 0.1) is 18.9 Å². The molecule has 3 heterocycles. The van der Waals surface area contributed by atoms with E-state index in [1.54, 1.807) is 0 Å². The lowest BCUT2D eigenvalue weighted by atomic mass is 9.99. The van der Waals surface area contributed by atoms with Gasteiger partial charge in [0.2, 0.25) is 0 Å². The average Bonchev–Trinajstić information content (AvgIpc) is 2.99. The SMILES string of the molecule is Cc1noc(C)c1C(C)CNC(=O)N1CCCCC1CN1CCOCC1. The van der Waals surface area contributed by atoms with Gasteiger partial charge < -0.3 is 19.5 Å². The van der Waals surface area contributed by atoms with Crippen molar-refractivity contribution in [1.82, 2.24) is 20.3 Å². The standard InChI is InChI=1S/C19H32N4O3/c1-14(18-15(2)21-26-16(18)3)12-20-19(24)23-7-5-4-6-17(23)13-22-8-10-25-11-9-22/h14,17H,4-13H2,1-3H3,(H,20,24). The molecule has 1 aromatic rings. The van der Waals surface area contributed by atoms with Crippen LogP contribution in [0.5, 0.6) is 0 Å². The first-order valence-electron chi connectivity index (χ1n) is 9.83. The maximum absolute atomic E-state index is 12.8. The van der Waals surface area contributed by atoms with Crippen LogP contribution in [0.15, 0.2) is 4.52 Å². The number of ether oxygens (including phenoxy) is 1. The van der Waals surface area contributed by atoms with E-state index in [0.29, 0.717) is 12.6 Å². The van der Waals surface area contributed by atoms with Crippen molar-refractivity contribution in [1.29, 1.82) is 0 Å². The van der Waals surface area contributed by atoms with Crippen LogP contribution >= 0.6 is 0 Å². The summed E-state index contributed by atoms with van der Waals surface area (Å²) in [6.45, 7) is 11.9. The van der Waals surface area contributed by atoms with Crippen LogP contribution in [0.3, 0.4) is 0 Å². The van der Waals surface area contributed by atoms with E-state index in [1.165, 1.54) is 6.42 Å². The van der Waals surface area contributed by atoms with Crippen molar-refractivity contribution in [2.75, 3.05) is 45.9 Å². The van der Waals surface area contributed by atoms with Crippen LogP contribution in [0.2, 0.25) is 0 Å². The van der Waals surface area contributed by atoms with Crippen molar-refractivity contribution in [2.45, 2.75) is 52.0 Å². The van der Waals surface area contributed by atoms with Crippen molar-refractivity contribution in [2.24, 2.45) is 0 Å². The number of hydrogen-bond acceptors (Lipinski definition) is 5. The quantitative estimate of drug-likeness (QED) is 0.868. The molecule has 0 spiro atoms. The number of nitrogens with one attached hydrogen (secondary N) is 1. The van der Waals surface area contributed by atoms with E-state index in [9.17, 15) is 4.79 Å². The Labute approximate surface area is 156 Å². The number of rotatable bonds is 5. The Morgan fingerprint density at radius 3 is 2.73 bits per heavy atom. The molecule has 2 amide bonds. The number of morpholine rings is 1. The average molecular weight is 364 g/mol. The Balaban J connectivity index is 1.54. The van der Waals surface area contributed by atoms with E-state index in [2.05, 4.69) is 22.3 Å². The maximum atomic E-state index is 12.8. The largest absolute Gasteiger partial charge is 0.379 e. The van der Waals surface area contributed by atoms with Crippen LogP contribution in [0, 0.1) is 13.8 Å². The molecule has 0 radical (unpaired) electrons. The zero-order valence-corrected chi connectivity index (χ0v) is 16.3. The fourth-order valence-electron chi connectivity index (χ4n) is 4.18. The highest BCUT2D eigenvalue weighted by molar-refractivity contribution is 5.74. The smallest absolute Gasteiger partial charge is 0.317 e. The number of hydrogen-bond donors (Lipinski definition) is 1. The molecule has 2 saturated heterocycles. The van der Waals surface area contributed by atoms with E-state index < -0.39 is 0 Å². The number of piperidine rings is 1. The number of aromatic nitrogens is 1. The van der Waals surface area contributed by atoms with Crippen molar-refractivity contribution >= 4 is 6.03 Å². The molecule has 2 unspecified atom stereocenters. The van der Waals surface area contributed by atoms with E-state index >= 15 is 0 Å². The molecular weight excluding hydrogens is 332 g/mol. The molecule has 0 saturated carbocycles. The van der Waals surface area contributed by atoms with Crippen LogP contribution in [0.1, 0.15) is 49.1 Å². The highest BCUT2D eigenvalue weighted by Crippen LogP contribution is 2.23. The molecule has 0 aliphatic carbocycles. The lowest BCUT2D eigenvalue weighted by Gasteiger charge is -2.39. The predicted octanol–water partition coefficient (Wildman–Crippen LogP) is 2.29. The highest BCUT2D eigenvalue weighted by Gasteiger charge is 2.29. The number of carbonyl (C=O) groups is 1. The van der Waals surface area contributed by atoms with Gasteiger partial charge in [0.25, 0.3) is 0 Å². The lowest BCUT2D eigenvalue weighted by Crippen LogP contribution is -2.54. The third kappa shape index (κ3) is 4.57. The Hall–Kier alpha value is -1.60. The van der Waals surface area contributed by atoms with Crippen LogP contribution in [-0.2, 0) is 4.74 Å². The van der Waals surface area contributed by atoms with Crippen LogP contribution < -0.4 is 5.32 Å². The second-order valence-electron chi connectivity index (χ2n) is 7.58. The first kappa shape index (κ1) is 19.2. The molecule has 1 N–H and O–H groups in total. The molecule has 3 rings (SSSR count). The predicted molar refractivity (Wildman–Crippen MR) is 99.4 cm³/mol. The van der Waals surface area contributed by atoms with Gasteiger partial charge in [-0.15, -0.1) is 0 Å². The number of amides is 2. The summed E-state index contributed by atoms with van der Waals surface area (Å²) in [5.41, 5.74) is 2.02. The summed E-state index contributed by atoms with van der Waals surface area (Å²) < 4.78 is 10.7. The van der Waals surface area contributed by atoms with Crippen molar-refractivity contribution in [3.63, 3.8) is 0 Å². The minimum Gasteiger partial charge on any atom is -0.379 e. The summed E-state index contributed by atoms with van der Waals surface area (Å²) in [5.74, 6) is 1.03. The van der Waals surface area contributed by atoms with Gasteiger partial charge in [-0.05, 0) is 33.1 Å². The van der Waals surface area contributed by atoms with Gasteiger partial charge in [0.1, 0.15) is 5.76 Å². The zero-order valence-electron chi connectivity index (χ0n) is 16.3. The monoisotopic (exact) mass is 364 g/mol. The van der Waals surface area contributed by atoms with Crippen LogP contribution in [0.4, 0.5) is 4.79 Å². The van der Waals surface area contributed by atoms with Crippen molar-refractivity contribution < 1.29 is 14.1 Å². The minimum atomic E-state index is 0.0570. The molecule has 0 aromatic carbocycles. The fourth-order valence-corrected chi connectivity index (χ4v) is 4.18. The van der Waals surface area contributed by atoms with Gasteiger partial charge in [-0.1, -0.05) is 12.1 Å². The number of carbonyl (C=O) groups excluding carboxylic acids is 1. The molecule has 2 aliphatic heterocycles. The first-order chi connectivity index (χ1) is 12.6. The second-order valence-corrected chi connectivity index (χ2v) is 7.58. The van der Waals surface area contributed by atoms with E-state index in [0.717, 1.165) is 69.3 Å². The molecule has 26 heavy (non-hydrogen) atoms. The van der Waals surface area contributed by atoms with Gasteiger partial charge in [0.15, 0.2) is 0 Å². The van der Waals surface area contributed by atoms with E-state index in [-0.39, 0.29) is 11.9 Å². The molecular formula is C19H32N4O3. The zero-order chi connectivity index (χ0) is 18.5. The summed E-state index contributed by atoms with van der Waals surface area (Å²) in [5, 5.41) is 7.15. The molecule has 146 valence electrons. The third-order valence-electron chi connectivity index (χ3n) is 5.60. The Bertz CT molecular complexity index is 578. The number of nitrogens with zero attached hydrogens (tertiary/aromatic N) is 3. The van der Waals surface area contributed by atoms with Gasteiger partial charge >= 0.3 is 6.03 Å². The van der Waals surface area contributed by atoms with Crippen molar-refractivity contribution in [3.8, 4) is 0 Å². The summed E-state index contributed by atoms with van der Waals surface area (Å²) >= 11 is 0. The maximum Gasteiger partial charge on any atom is 0.317 e. The summed E-state index contributed by atoms with van der Waals surface area (Å²) in [7, 11) is 0. The lowest BCUT2D eigenvalue weighted by molar-refractivity contribution is 0.0221. The molecule has 1 aromatic heterocycles. The Morgan fingerprint density at radius 1 is 1.27 bits per heavy atom. The van der Waals surface area contributed by atoms with Gasteiger partial charge in [-0.2, -0.15) is 0 Å². The normalized spacial score (nSPS) is 23.0. The highest BCUT2D eigenvalue weighted by atomic mass is 16.5. The summed E-state index contributed by atoms with van der Waals surface area (Å²) in [4.78, 5) is 17.3. The molecule has 2 aliphatic rings. The van der Waals surface area contributed by atoms with E-state index in [4.69, 9.17) is 9.26 Å². The molecule has 0 bridgehead atoms. The number of urea groups is 1. The van der Waals surface area contributed by atoms with Crippen LogP contribution in [-0.4, -0.2) is 73.0 Å². The summed E-state index contributed by atoms with van der Waals surface area (Å²) in [6.07, 6.45) is 3.38. The minimum absolute atomic E-state index is 0.0570. The molecule has 7 heteroatoms. The Morgan fingerprint density at radius 2 is 2.04 bits per heavy atom. The van der Waals surface area contributed by atoms with Gasteiger partial charge in [-0.3, -0.25) is 4.90 Å². The van der Waals surface area contributed by atoms with E-state index in [1.807, 2.05) is 18.7 Å². The Kier molecular flexibility index (Phi) is 6.53. The number of aryl methyl sites for hydroxylation is 2. The molecule has 2 atom stereocenters. The summed E-state index contributed by atoms with van der Waals surface area (Å²) in [6, 6.07) is 0.359.